The van der Waals surface area contributed by atoms with Gasteiger partial charge in [0.15, 0.2) is 0 Å². The van der Waals surface area contributed by atoms with Crippen LogP contribution < -0.4 is 0 Å². The van der Waals surface area contributed by atoms with Gasteiger partial charge in [0.25, 0.3) is 0 Å². The molecule has 0 N–H and O–H groups in total. The Balaban J connectivity index is 4.70. The first-order chi connectivity index (χ1) is 6.29. The van der Waals surface area contributed by atoms with Crippen molar-refractivity contribution in [2.75, 3.05) is 0 Å². The summed E-state index contributed by atoms with van der Waals surface area (Å²) in [5, 5.41) is 0. The number of hydrogen-bond acceptors (Lipinski definition) is 0. The maximum absolute atomic E-state index is 2.48. The summed E-state index contributed by atoms with van der Waals surface area (Å²) in [5.74, 6) is 0.840. The van der Waals surface area contributed by atoms with E-state index in [0.29, 0.717) is 10.8 Å². The molecule has 0 rings (SSSR count). The van der Waals surface area contributed by atoms with Crippen LogP contribution in [0, 0.1) is 16.7 Å². The average Bonchev–Trinajstić information content (AvgIpc) is 2.03. The van der Waals surface area contributed by atoms with Gasteiger partial charge in [-0.1, -0.05) is 67.7 Å². The highest BCUT2D eigenvalue weighted by atomic mass is 14.4. The normalized spacial score (nSPS) is 19.1. The molecule has 0 amide bonds. The van der Waals surface area contributed by atoms with Crippen LogP contribution in [0.2, 0.25) is 0 Å². The first-order valence-corrected chi connectivity index (χ1v) is 6.29. The number of rotatable bonds is 5. The molecule has 14 heavy (non-hydrogen) atoms. The Hall–Kier alpha value is 0. The minimum absolute atomic E-state index is 0.428. The highest BCUT2D eigenvalue weighted by Gasteiger charge is 2.40. The van der Waals surface area contributed by atoms with E-state index in [1.165, 1.54) is 25.7 Å². The Labute approximate surface area is 91.5 Å². The largest absolute Gasteiger partial charge is 0.0654 e. The fourth-order valence-electron chi connectivity index (χ4n) is 2.63. The third-order valence-corrected chi connectivity index (χ3v) is 4.29. The van der Waals surface area contributed by atoms with Crippen LogP contribution in [0.5, 0.6) is 0 Å². The van der Waals surface area contributed by atoms with Crippen molar-refractivity contribution in [1.82, 2.24) is 0 Å². The molecule has 0 bridgehead atoms. The second-order valence-corrected chi connectivity index (χ2v) is 6.11. The van der Waals surface area contributed by atoms with Crippen molar-refractivity contribution < 1.29 is 0 Å². The molecule has 0 radical (unpaired) electrons. The molecule has 0 saturated heterocycles. The van der Waals surface area contributed by atoms with Crippen molar-refractivity contribution in [1.29, 1.82) is 0 Å². The molecular formula is C14H30. The van der Waals surface area contributed by atoms with Gasteiger partial charge in [0.1, 0.15) is 0 Å². The number of hydrogen-bond donors (Lipinski definition) is 0. The molecule has 0 saturated carbocycles. The summed E-state index contributed by atoms with van der Waals surface area (Å²) in [7, 11) is 0. The Morgan fingerprint density at radius 3 is 1.71 bits per heavy atom. The summed E-state index contributed by atoms with van der Waals surface area (Å²) < 4.78 is 0. The first-order valence-electron chi connectivity index (χ1n) is 6.29. The van der Waals surface area contributed by atoms with E-state index in [4.69, 9.17) is 0 Å². The van der Waals surface area contributed by atoms with Crippen molar-refractivity contribution in [2.24, 2.45) is 16.7 Å². The van der Waals surface area contributed by atoms with E-state index in [1.54, 1.807) is 0 Å². The molecule has 0 aliphatic carbocycles. The third-order valence-electron chi connectivity index (χ3n) is 4.29. The van der Waals surface area contributed by atoms with Crippen LogP contribution in [-0.4, -0.2) is 0 Å². The Kier molecular flexibility index (Phi) is 5.19. The summed E-state index contributed by atoms with van der Waals surface area (Å²) in [4.78, 5) is 0. The van der Waals surface area contributed by atoms with E-state index in [0.717, 1.165) is 5.92 Å². The lowest BCUT2D eigenvalue weighted by molar-refractivity contribution is 0.0274. The molecule has 86 valence electrons. The minimum atomic E-state index is 0.428. The molecule has 2 atom stereocenters. The summed E-state index contributed by atoms with van der Waals surface area (Å²) in [6, 6.07) is 0. The van der Waals surface area contributed by atoms with Crippen LogP contribution in [0.25, 0.3) is 0 Å². The molecule has 0 aliphatic heterocycles. The molecule has 0 heterocycles. The van der Waals surface area contributed by atoms with Gasteiger partial charge in [-0.25, -0.2) is 0 Å². The van der Waals surface area contributed by atoms with Crippen LogP contribution >= 0.6 is 0 Å². The molecule has 0 spiro atoms. The Morgan fingerprint density at radius 2 is 1.43 bits per heavy atom. The fraction of sp³-hybridized carbons (Fsp3) is 1.00. The van der Waals surface area contributed by atoms with E-state index >= 15 is 0 Å². The summed E-state index contributed by atoms with van der Waals surface area (Å²) in [6.07, 6.45) is 5.35. The van der Waals surface area contributed by atoms with Crippen LogP contribution in [0.1, 0.15) is 74.1 Å². The van der Waals surface area contributed by atoms with Crippen molar-refractivity contribution >= 4 is 0 Å². The SMILES string of the molecule is CCCC(C)C(C)(CCC)C(C)(C)C. The van der Waals surface area contributed by atoms with Gasteiger partial charge in [-0.15, -0.1) is 0 Å². The average molecular weight is 198 g/mol. The van der Waals surface area contributed by atoms with E-state index < -0.39 is 0 Å². The quantitative estimate of drug-likeness (QED) is 0.564. The van der Waals surface area contributed by atoms with E-state index in [9.17, 15) is 0 Å². The van der Waals surface area contributed by atoms with Crippen molar-refractivity contribution in [3.8, 4) is 0 Å². The molecule has 0 aromatic rings. The van der Waals surface area contributed by atoms with Gasteiger partial charge in [-0.3, -0.25) is 0 Å². The molecule has 0 fully saturated rings. The lowest BCUT2D eigenvalue weighted by Crippen LogP contribution is -2.38. The topological polar surface area (TPSA) is 0 Å². The van der Waals surface area contributed by atoms with Crippen LogP contribution in [-0.2, 0) is 0 Å². The smallest absolute Gasteiger partial charge is 0.0252 e. The summed E-state index contributed by atoms with van der Waals surface area (Å²) >= 11 is 0. The van der Waals surface area contributed by atoms with Gasteiger partial charge in [-0.2, -0.15) is 0 Å². The monoisotopic (exact) mass is 198 g/mol. The van der Waals surface area contributed by atoms with Crippen LogP contribution in [0.15, 0.2) is 0 Å². The Morgan fingerprint density at radius 1 is 0.929 bits per heavy atom. The van der Waals surface area contributed by atoms with Gasteiger partial charge < -0.3 is 0 Å². The van der Waals surface area contributed by atoms with Crippen molar-refractivity contribution in [3.63, 3.8) is 0 Å². The highest BCUT2D eigenvalue weighted by Crippen LogP contribution is 2.49. The first kappa shape index (κ1) is 14.0. The highest BCUT2D eigenvalue weighted by molar-refractivity contribution is 4.89. The molecular weight excluding hydrogens is 168 g/mol. The molecule has 0 nitrogen and oxygen atoms in total. The van der Waals surface area contributed by atoms with Crippen LogP contribution in [0.3, 0.4) is 0 Å². The fourth-order valence-corrected chi connectivity index (χ4v) is 2.63. The standard InChI is InChI=1S/C14H30/c1-8-10-12(3)14(7,11-9-2)13(4,5)6/h12H,8-11H2,1-7H3. The van der Waals surface area contributed by atoms with Crippen molar-refractivity contribution in [3.05, 3.63) is 0 Å². The summed E-state index contributed by atoms with van der Waals surface area (Å²) in [6.45, 7) is 16.7. The Bertz CT molecular complexity index is 152. The van der Waals surface area contributed by atoms with Gasteiger partial charge in [0.2, 0.25) is 0 Å². The van der Waals surface area contributed by atoms with E-state index in [-0.39, 0.29) is 0 Å². The molecule has 2 unspecified atom stereocenters. The predicted octanol–water partition coefficient (Wildman–Crippen LogP) is 5.28. The van der Waals surface area contributed by atoms with Crippen LogP contribution in [0.4, 0.5) is 0 Å². The van der Waals surface area contributed by atoms with Gasteiger partial charge in [-0.05, 0) is 23.2 Å². The zero-order valence-electron chi connectivity index (χ0n) is 11.4. The molecule has 0 aromatic carbocycles. The molecule has 0 aromatic heterocycles. The third kappa shape index (κ3) is 3.00. The van der Waals surface area contributed by atoms with E-state index in [1.807, 2.05) is 0 Å². The van der Waals surface area contributed by atoms with Gasteiger partial charge >= 0.3 is 0 Å². The van der Waals surface area contributed by atoms with Crippen molar-refractivity contribution in [2.45, 2.75) is 74.1 Å². The van der Waals surface area contributed by atoms with E-state index in [2.05, 4.69) is 48.5 Å². The second-order valence-electron chi connectivity index (χ2n) is 6.11. The maximum atomic E-state index is 2.48. The maximum Gasteiger partial charge on any atom is -0.0252 e. The zero-order chi connectivity index (χ0) is 11.4. The van der Waals surface area contributed by atoms with Gasteiger partial charge in [0, 0.05) is 0 Å². The molecule has 0 heteroatoms. The second kappa shape index (κ2) is 5.19. The zero-order valence-corrected chi connectivity index (χ0v) is 11.4. The summed E-state index contributed by atoms with van der Waals surface area (Å²) in [5.41, 5.74) is 0.926. The molecule has 0 aliphatic rings. The lowest BCUT2D eigenvalue weighted by atomic mass is 9.58. The minimum Gasteiger partial charge on any atom is -0.0654 e. The predicted molar refractivity (Wildman–Crippen MR) is 66.5 cm³/mol. The lowest BCUT2D eigenvalue weighted by Gasteiger charge is -2.47. The van der Waals surface area contributed by atoms with Gasteiger partial charge in [0.05, 0.1) is 0 Å².